The summed E-state index contributed by atoms with van der Waals surface area (Å²) in [7, 11) is 0. The van der Waals surface area contributed by atoms with Crippen LogP contribution in [0.1, 0.15) is 25.0 Å². The topological polar surface area (TPSA) is 76.1 Å². The average molecular weight is 383 g/mol. The van der Waals surface area contributed by atoms with Crippen LogP contribution in [0.5, 0.6) is 5.75 Å². The minimum atomic E-state index is -0.842. The second-order valence-corrected chi connectivity index (χ2v) is 7.18. The second-order valence-electron chi connectivity index (χ2n) is 7.18. The van der Waals surface area contributed by atoms with E-state index in [9.17, 15) is 14.7 Å². The minimum absolute atomic E-state index is 0.121. The Labute approximate surface area is 164 Å². The molecule has 1 fully saturated rings. The molecule has 0 saturated carbocycles. The Balaban J connectivity index is 1.79. The summed E-state index contributed by atoms with van der Waals surface area (Å²) in [5.41, 5.74) is 1.78. The fourth-order valence-electron chi connectivity index (χ4n) is 3.34. The van der Waals surface area contributed by atoms with Crippen molar-refractivity contribution in [1.29, 1.82) is 0 Å². The minimum Gasteiger partial charge on any atom is -0.508 e. The molecular weight excluding hydrogens is 358 g/mol. The highest BCUT2D eigenvalue weighted by atomic mass is 16.6. The number of hydrogen-bond donors (Lipinski definition) is 1. The smallest absolute Gasteiger partial charge is 0.417 e. The third kappa shape index (κ3) is 4.89. The molecule has 6 heteroatoms. The van der Waals surface area contributed by atoms with Gasteiger partial charge in [-0.15, -0.1) is 0 Å². The van der Waals surface area contributed by atoms with Gasteiger partial charge in [-0.05, 0) is 43.5 Å². The molecule has 1 aliphatic heterocycles. The van der Waals surface area contributed by atoms with Gasteiger partial charge in [-0.3, -0.25) is 4.79 Å². The van der Waals surface area contributed by atoms with E-state index < -0.39 is 18.1 Å². The van der Waals surface area contributed by atoms with E-state index in [-0.39, 0.29) is 30.9 Å². The summed E-state index contributed by atoms with van der Waals surface area (Å²) >= 11 is 0. The van der Waals surface area contributed by atoms with E-state index in [0.29, 0.717) is 6.42 Å². The van der Waals surface area contributed by atoms with E-state index in [1.807, 2.05) is 50.2 Å². The molecule has 148 valence electrons. The van der Waals surface area contributed by atoms with Gasteiger partial charge >= 0.3 is 6.09 Å². The van der Waals surface area contributed by atoms with Crippen LogP contribution in [0.4, 0.5) is 4.79 Å². The Morgan fingerprint density at radius 3 is 2.57 bits per heavy atom. The molecule has 6 nitrogen and oxygen atoms in total. The molecule has 0 aromatic heterocycles. The third-order valence-corrected chi connectivity index (χ3v) is 4.56. The van der Waals surface area contributed by atoms with E-state index in [1.165, 1.54) is 4.90 Å². The number of amides is 2. The van der Waals surface area contributed by atoms with Crippen molar-refractivity contribution < 1.29 is 24.2 Å². The number of benzene rings is 2. The second kappa shape index (κ2) is 8.89. The molecule has 28 heavy (non-hydrogen) atoms. The molecule has 1 heterocycles. The van der Waals surface area contributed by atoms with Gasteiger partial charge in [-0.25, -0.2) is 9.69 Å². The van der Waals surface area contributed by atoms with Gasteiger partial charge < -0.3 is 14.6 Å². The van der Waals surface area contributed by atoms with Crippen LogP contribution in [0.15, 0.2) is 54.6 Å². The number of phenols is 1. The van der Waals surface area contributed by atoms with Crippen LogP contribution < -0.4 is 0 Å². The van der Waals surface area contributed by atoms with Crippen molar-refractivity contribution >= 4 is 12.0 Å². The molecule has 3 rings (SSSR count). The first kappa shape index (κ1) is 19.9. The van der Waals surface area contributed by atoms with E-state index in [1.54, 1.807) is 18.2 Å². The molecular formula is C22H25NO5. The van der Waals surface area contributed by atoms with Crippen LogP contribution >= 0.6 is 0 Å². The average Bonchev–Trinajstić information content (AvgIpc) is 3.01. The first-order valence-electron chi connectivity index (χ1n) is 9.41. The van der Waals surface area contributed by atoms with Gasteiger partial charge in [0.25, 0.3) is 5.91 Å². The van der Waals surface area contributed by atoms with E-state index in [0.717, 1.165) is 11.1 Å². The highest BCUT2D eigenvalue weighted by Crippen LogP contribution is 2.22. The summed E-state index contributed by atoms with van der Waals surface area (Å²) in [5, 5.41) is 9.70. The number of aromatic hydroxyl groups is 1. The normalized spacial score (nSPS) is 17.6. The number of nitrogens with zero attached hydrogens (tertiary/aromatic N) is 1. The van der Waals surface area contributed by atoms with Crippen molar-refractivity contribution in [2.24, 2.45) is 0 Å². The van der Waals surface area contributed by atoms with Crippen molar-refractivity contribution in [3.05, 3.63) is 65.7 Å². The number of phenolic OH excluding ortho intramolecular Hbond substituents is 1. The molecule has 0 radical (unpaired) electrons. The third-order valence-electron chi connectivity index (χ3n) is 4.56. The molecule has 2 aromatic carbocycles. The Bertz CT molecular complexity index is 821. The zero-order valence-corrected chi connectivity index (χ0v) is 16.1. The number of hydrogen-bond acceptors (Lipinski definition) is 5. The van der Waals surface area contributed by atoms with Crippen LogP contribution in [0.2, 0.25) is 0 Å². The molecule has 1 aliphatic rings. The van der Waals surface area contributed by atoms with Gasteiger partial charge in [0.05, 0.1) is 12.1 Å². The lowest BCUT2D eigenvalue weighted by Gasteiger charge is -2.26. The molecule has 2 aromatic rings. The standard InChI is InChI=1S/C22H25NO5/c1-15(2)28-20(13-17-9-6-10-19(24)12-17)21(25)23-18(14-27-22(23)26)11-16-7-4-3-5-8-16/h3-10,12,15,18,20,24H,11,13-14H2,1-2H3/t18?,20-/m0/s1. The largest absolute Gasteiger partial charge is 0.508 e. The first-order valence-corrected chi connectivity index (χ1v) is 9.41. The number of carbonyl (C=O) groups is 2. The van der Waals surface area contributed by atoms with Crippen molar-refractivity contribution in [2.45, 2.75) is 44.9 Å². The fraction of sp³-hybridized carbons (Fsp3) is 0.364. The lowest BCUT2D eigenvalue weighted by atomic mass is 10.0. The fourth-order valence-corrected chi connectivity index (χ4v) is 3.34. The van der Waals surface area contributed by atoms with Gasteiger partial charge in [-0.2, -0.15) is 0 Å². The van der Waals surface area contributed by atoms with Gasteiger partial charge in [0.15, 0.2) is 0 Å². The summed E-state index contributed by atoms with van der Waals surface area (Å²) < 4.78 is 11.0. The summed E-state index contributed by atoms with van der Waals surface area (Å²) in [6.45, 7) is 3.85. The Hall–Kier alpha value is -2.86. The monoisotopic (exact) mass is 383 g/mol. The Kier molecular flexibility index (Phi) is 6.31. The zero-order chi connectivity index (χ0) is 20.1. The van der Waals surface area contributed by atoms with E-state index >= 15 is 0 Å². The first-order chi connectivity index (χ1) is 13.4. The van der Waals surface area contributed by atoms with Gasteiger partial charge in [-0.1, -0.05) is 42.5 Å². The number of cyclic esters (lactones) is 1. The Morgan fingerprint density at radius 1 is 1.18 bits per heavy atom. The predicted octanol–water partition coefficient (Wildman–Crippen LogP) is 3.32. The summed E-state index contributed by atoms with van der Waals surface area (Å²) in [6, 6.07) is 16.0. The van der Waals surface area contributed by atoms with Crippen LogP contribution in [0, 0.1) is 0 Å². The number of rotatable bonds is 7. The quantitative estimate of drug-likeness (QED) is 0.794. The van der Waals surface area contributed by atoms with Crippen LogP contribution in [-0.2, 0) is 27.1 Å². The molecule has 0 bridgehead atoms. The SMILES string of the molecule is CC(C)O[C@@H](Cc1cccc(O)c1)C(=O)N1C(=O)OCC1Cc1ccccc1. The molecule has 0 spiro atoms. The van der Waals surface area contributed by atoms with Gasteiger partial charge in [0.2, 0.25) is 0 Å². The molecule has 2 amide bonds. The molecule has 1 saturated heterocycles. The van der Waals surface area contributed by atoms with Crippen molar-refractivity contribution in [2.75, 3.05) is 6.61 Å². The zero-order valence-electron chi connectivity index (χ0n) is 16.1. The van der Waals surface area contributed by atoms with Crippen LogP contribution in [-0.4, -0.2) is 46.9 Å². The van der Waals surface area contributed by atoms with E-state index in [2.05, 4.69) is 0 Å². The summed E-state index contributed by atoms with van der Waals surface area (Å²) in [5.74, 6) is -0.295. The lowest BCUT2D eigenvalue weighted by molar-refractivity contribution is -0.144. The van der Waals surface area contributed by atoms with Gasteiger partial charge in [0.1, 0.15) is 18.5 Å². The van der Waals surface area contributed by atoms with Crippen molar-refractivity contribution in [3.8, 4) is 5.75 Å². The van der Waals surface area contributed by atoms with Crippen LogP contribution in [0.25, 0.3) is 0 Å². The lowest BCUT2D eigenvalue weighted by Crippen LogP contribution is -2.47. The molecule has 2 atom stereocenters. The highest BCUT2D eigenvalue weighted by molar-refractivity contribution is 5.96. The number of ether oxygens (including phenoxy) is 2. The molecule has 0 aliphatic carbocycles. The molecule has 1 unspecified atom stereocenters. The molecule has 1 N–H and O–H groups in total. The predicted molar refractivity (Wildman–Crippen MR) is 104 cm³/mol. The maximum absolute atomic E-state index is 13.2. The maximum atomic E-state index is 13.2. The maximum Gasteiger partial charge on any atom is 0.417 e. The number of imide groups is 1. The highest BCUT2D eigenvalue weighted by Gasteiger charge is 2.41. The number of carbonyl (C=O) groups excluding carboxylic acids is 2. The van der Waals surface area contributed by atoms with Crippen molar-refractivity contribution in [1.82, 2.24) is 4.90 Å². The summed E-state index contributed by atoms with van der Waals surface area (Å²) in [6.07, 6.45) is -0.895. The Morgan fingerprint density at radius 2 is 1.89 bits per heavy atom. The van der Waals surface area contributed by atoms with Gasteiger partial charge in [0, 0.05) is 6.42 Å². The van der Waals surface area contributed by atoms with Crippen LogP contribution in [0.3, 0.4) is 0 Å². The van der Waals surface area contributed by atoms with Crippen molar-refractivity contribution in [3.63, 3.8) is 0 Å². The summed E-state index contributed by atoms with van der Waals surface area (Å²) in [4.78, 5) is 26.7. The van der Waals surface area contributed by atoms with E-state index in [4.69, 9.17) is 9.47 Å².